The molecule has 2 unspecified atom stereocenters. The highest BCUT2D eigenvalue weighted by Gasteiger charge is 2.76. The van der Waals surface area contributed by atoms with Crippen molar-refractivity contribution < 1.29 is 50.6 Å². The van der Waals surface area contributed by atoms with Crippen LogP contribution in [0, 0.1) is 5.92 Å². The summed E-state index contributed by atoms with van der Waals surface area (Å²) in [5, 5.41) is 14.4. The fourth-order valence-electron chi connectivity index (χ4n) is 2.35. The normalized spacial score (nSPS) is 19.5. The van der Waals surface area contributed by atoms with Crippen molar-refractivity contribution >= 4 is 17.6 Å². The van der Waals surface area contributed by atoms with Crippen LogP contribution < -0.4 is 5.32 Å². The van der Waals surface area contributed by atoms with Gasteiger partial charge in [-0.25, -0.2) is 4.79 Å². The van der Waals surface area contributed by atoms with Crippen LogP contribution in [0.1, 0.15) is 41.0 Å². The van der Waals surface area contributed by atoms with Crippen LogP contribution in [0.3, 0.4) is 0 Å². The van der Waals surface area contributed by atoms with Crippen LogP contribution in [-0.4, -0.2) is 58.4 Å². The molecular formula is C16H22F6N2O5. The van der Waals surface area contributed by atoms with Gasteiger partial charge in [-0.15, -0.1) is 0 Å². The van der Waals surface area contributed by atoms with Gasteiger partial charge >= 0.3 is 18.3 Å². The number of alkyl halides is 6. The summed E-state index contributed by atoms with van der Waals surface area (Å²) in [5.41, 5.74) is -6.96. The lowest BCUT2D eigenvalue weighted by molar-refractivity contribution is -0.392. The number of ether oxygens (including phenoxy) is 1. The molecule has 1 heterocycles. The number of rotatable bonds is 5. The summed E-state index contributed by atoms with van der Waals surface area (Å²) in [6.07, 6.45) is -16.5. The van der Waals surface area contributed by atoms with Crippen LogP contribution in [0.25, 0.3) is 0 Å². The Hall–Kier alpha value is -2.05. The Morgan fingerprint density at radius 3 is 2.00 bits per heavy atom. The zero-order valence-electron chi connectivity index (χ0n) is 16.2. The predicted molar refractivity (Wildman–Crippen MR) is 86.6 cm³/mol. The second-order valence-corrected chi connectivity index (χ2v) is 7.83. The third kappa shape index (κ3) is 5.52. The maximum atomic E-state index is 12.9. The van der Waals surface area contributed by atoms with Gasteiger partial charge in [0.15, 0.2) is 6.10 Å². The number of hydrogen-bond donors (Lipinski definition) is 2. The van der Waals surface area contributed by atoms with E-state index in [1.807, 2.05) is 0 Å². The summed E-state index contributed by atoms with van der Waals surface area (Å²) >= 11 is 0. The Bertz CT molecular complexity index is 652. The largest absolute Gasteiger partial charge is 0.458 e. The highest BCUT2D eigenvalue weighted by atomic mass is 19.4. The Kier molecular flexibility index (Phi) is 6.89. The monoisotopic (exact) mass is 436 g/mol. The fraction of sp³-hybridized carbons (Fsp3) is 0.812. The molecule has 7 nitrogen and oxygen atoms in total. The average Bonchev–Trinajstić information content (AvgIpc) is 2.97. The summed E-state index contributed by atoms with van der Waals surface area (Å²) in [6, 6.07) is -1.24. The summed E-state index contributed by atoms with van der Waals surface area (Å²) in [7, 11) is 0. The first kappa shape index (κ1) is 25.0. The van der Waals surface area contributed by atoms with E-state index < -0.39 is 65.6 Å². The van der Waals surface area contributed by atoms with E-state index in [0.29, 0.717) is 0 Å². The van der Waals surface area contributed by atoms with Crippen molar-refractivity contribution in [2.75, 3.05) is 0 Å². The van der Waals surface area contributed by atoms with Crippen molar-refractivity contribution in [1.29, 1.82) is 0 Å². The van der Waals surface area contributed by atoms with Gasteiger partial charge in [0.05, 0.1) is 0 Å². The summed E-state index contributed by atoms with van der Waals surface area (Å²) in [6.45, 7) is 7.78. The van der Waals surface area contributed by atoms with Gasteiger partial charge in [-0.05, 0) is 26.7 Å². The molecule has 0 aromatic rings. The molecule has 0 aromatic heterocycles. The maximum Gasteiger partial charge on any atom is 0.430 e. The number of hydrogen-bond acceptors (Lipinski definition) is 6. The van der Waals surface area contributed by atoms with Crippen molar-refractivity contribution in [3.8, 4) is 0 Å². The minimum Gasteiger partial charge on any atom is -0.458 e. The van der Waals surface area contributed by atoms with Crippen LogP contribution in [0.15, 0.2) is 5.16 Å². The first-order valence-corrected chi connectivity index (χ1v) is 8.43. The molecule has 0 aromatic carbocycles. The molecule has 29 heavy (non-hydrogen) atoms. The lowest BCUT2D eigenvalue weighted by Gasteiger charge is -2.35. The average molecular weight is 436 g/mol. The molecule has 13 heteroatoms. The van der Waals surface area contributed by atoms with Gasteiger partial charge in [-0.3, -0.25) is 4.79 Å². The minimum atomic E-state index is -6.13. The number of amides is 1. The van der Waals surface area contributed by atoms with Gasteiger partial charge in [0.1, 0.15) is 17.4 Å². The van der Waals surface area contributed by atoms with Crippen molar-refractivity contribution in [3.05, 3.63) is 0 Å². The van der Waals surface area contributed by atoms with Gasteiger partial charge in [-0.2, -0.15) is 26.3 Å². The second-order valence-electron chi connectivity index (χ2n) is 7.83. The van der Waals surface area contributed by atoms with E-state index in [9.17, 15) is 41.0 Å². The summed E-state index contributed by atoms with van der Waals surface area (Å²) in [4.78, 5) is 28.5. The molecule has 0 radical (unpaired) electrons. The molecular weight excluding hydrogens is 414 g/mol. The lowest BCUT2D eigenvalue weighted by Crippen LogP contribution is -2.64. The molecule has 0 bridgehead atoms. The number of nitrogens with one attached hydrogen (secondary N) is 1. The van der Waals surface area contributed by atoms with Crippen LogP contribution in [0.5, 0.6) is 0 Å². The molecule has 0 saturated heterocycles. The first-order valence-electron chi connectivity index (χ1n) is 8.43. The van der Waals surface area contributed by atoms with Crippen LogP contribution >= 0.6 is 0 Å². The van der Waals surface area contributed by atoms with Gasteiger partial charge in [-0.1, -0.05) is 19.0 Å². The highest BCUT2D eigenvalue weighted by Crippen LogP contribution is 2.48. The molecule has 2 N–H and O–H groups in total. The third-order valence-corrected chi connectivity index (χ3v) is 3.88. The third-order valence-electron chi connectivity index (χ3n) is 3.88. The fourth-order valence-corrected chi connectivity index (χ4v) is 2.35. The zero-order valence-corrected chi connectivity index (χ0v) is 16.2. The standard InChI is InChI=1S/C16H22F6N2O5/c1-7(2)10(12(26)28-13(3,4)5)23-11(25)8-6-9(29-24-8)14(27,15(17,18)19)16(20,21)22/h7,9-10,27H,6H2,1-5H3,(H,23,25). The van der Waals surface area contributed by atoms with Crippen molar-refractivity contribution in [2.24, 2.45) is 11.1 Å². The molecule has 2 atom stereocenters. The molecule has 168 valence electrons. The minimum absolute atomic E-state index is 0.519. The van der Waals surface area contributed by atoms with E-state index in [0.717, 1.165) is 0 Å². The Labute approximate surface area is 162 Å². The SMILES string of the molecule is CC(C)C(NC(=O)C1=NOC(C(O)(C(F)(F)F)C(F)(F)F)C1)C(=O)OC(C)(C)C. The van der Waals surface area contributed by atoms with Crippen LogP contribution in [-0.2, 0) is 19.2 Å². The topological polar surface area (TPSA) is 97.2 Å². The maximum absolute atomic E-state index is 12.9. The van der Waals surface area contributed by atoms with Gasteiger partial charge < -0.3 is 20.0 Å². The highest BCUT2D eigenvalue weighted by molar-refractivity contribution is 6.39. The molecule has 1 aliphatic rings. The zero-order chi connectivity index (χ0) is 23.0. The van der Waals surface area contributed by atoms with Crippen LogP contribution in [0.4, 0.5) is 26.3 Å². The van der Waals surface area contributed by atoms with E-state index >= 15 is 0 Å². The van der Waals surface area contributed by atoms with Crippen molar-refractivity contribution in [3.63, 3.8) is 0 Å². The number of halogens is 6. The number of carbonyl (C=O) groups excluding carboxylic acids is 2. The Morgan fingerprint density at radius 2 is 1.62 bits per heavy atom. The molecule has 0 spiro atoms. The number of nitrogens with zero attached hydrogens (tertiary/aromatic N) is 1. The van der Waals surface area contributed by atoms with E-state index in [4.69, 9.17) is 4.74 Å². The molecule has 1 rings (SSSR count). The van der Waals surface area contributed by atoms with E-state index in [1.165, 1.54) is 13.8 Å². The summed E-state index contributed by atoms with van der Waals surface area (Å²) in [5.74, 6) is -2.59. The predicted octanol–water partition coefficient (Wildman–Crippen LogP) is 2.47. The first-order chi connectivity index (χ1) is 12.8. The quantitative estimate of drug-likeness (QED) is 0.510. The molecule has 1 amide bonds. The Balaban J connectivity index is 2.97. The lowest BCUT2D eigenvalue weighted by atomic mass is 9.91. The molecule has 0 fully saturated rings. The smallest absolute Gasteiger partial charge is 0.430 e. The molecule has 0 aliphatic carbocycles. The van der Waals surface area contributed by atoms with E-state index in [1.54, 1.807) is 20.8 Å². The van der Waals surface area contributed by atoms with E-state index in [-0.39, 0.29) is 0 Å². The number of oxime groups is 1. The number of esters is 1. The number of carbonyl (C=O) groups is 2. The van der Waals surface area contributed by atoms with E-state index in [2.05, 4.69) is 15.3 Å². The van der Waals surface area contributed by atoms with Gasteiger partial charge in [0.25, 0.3) is 11.5 Å². The van der Waals surface area contributed by atoms with Crippen molar-refractivity contribution in [1.82, 2.24) is 5.32 Å². The number of aliphatic hydroxyl groups is 1. The Morgan fingerprint density at radius 1 is 1.14 bits per heavy atom. The van der Waals surface area contributed by atoms with Gasteiger partial charge in [0, 0.05) is 6.42 Å². The van der Waals surface area contributed by atoms with Crippen molar-refractivity contribution in [2.45, 2.75) is 76.7 Å². The van der Waals surface area contributed by atoms with Gasteiger partial charge in [0.2, 0.25) is 0 Å². The summed E-state index contributed by atoms with van der Waals surface area (Å²) < 4.78 is 82.5. The van der Waals surface area contributed by atoms with Crippen LogP contribution in [0.2, 0.25) is 0 Å². The molecule has 0 saturated carbocycles. The second kappa shape index (κ2) is 8.00. The molecule has 1 aliphatic heterocycles.